The van der Waals surface area contributed by atoms with Crippen molar-refractivity contribution in [2.45, 2.75) is 42.4 Å². The minimum Gasteiger partial charge on any atom is -0.245 e. The van der Waals surface area contributed by atoms with Gasteiger partial charge in [-0.15, -0.1) is 0 Å². The highest BCUT2D eigenvalue weighted by Crippen LogP contribution is 2.44. The monoisotopic (exact) mass is 251 g/mol. The largest absolute Gasteiger partial charge is 0.245 e. The Bertz CT molecular complexity index is 485. The zero-order chi connectivity index (χ0) is 11.9. The third-order valence-corrected chi connectivity index (χ3v) is 6.30. The Balaban J connectivity index is 1.89. The van der Waals surface area contributed by atoms with Gasteiger partial charge in [0.15, 0.2) is 14.9 Å². The average Bonchev–Trinajstić information content (AvgIpc) is 2.69. The van der Waals surface area contributed by atoms with E-state index in [1.54, 1.807) is 24.4 Å². The summed E-state index contributed by atoms with van der Waals surface area (Å²) in [6.07, 6.45) is 6.93. The lowest BCUT2D eigenvalue weighted by Gasteiger charge is -2.27. The van der Waals surface area contributed by atoms with E-state index in [0.29, 0.717) is 11.8 Å². The molecule has 0 aromatic carbocycles. The second-order valence-corrected chi connectivity index (χ2v) is 7.53. The van der Waals surface area contributed by atoms with E-state index in [-0.39, 0.29) is 10.3 Å². The van der Waals surface area contributed by atoms with Gasteiger partial charge in [-0.25, -0.2) is 13.4 Å². The number of aromatic nitrogens is 1. The van der Waals surface area contributed by atoms with Crippen molar-refractivity contribution in [1.82, 2.24) is 4.98 Å². The van der Waals surface area contributed by atoms with Gasteiger partial charge >= 0.3 is 0 Å². The molecule has 3 atom stereocenters. The van der Waals surface area contributed by atoms with Crippen LogP contribution in [-0.2, 0) is 9.84 Å². The summed E-state index contributed by atoms with van der Waals surface area (Å²) < 4.78 is 24.9. The smallest absolute Gasteiger partial charge is 0.198 e. The van der Waals surface area contributed by atoms with E-state index in [9.17, 15) is 8.42 Å². The average molecular weight is 251 g/mol. The molecule has 92 valence electrons. The van der Waals surface area contributed by atoms with Gasteiger partial charge in [-0.05, 0) is 43.2 Å². The molecule has 2 fully saturated rings. The SMILES string of the molecule is O=S(=O)(c1ccccn1)[C@H]1CC2CC[C@@H](C2)C1. The Morgan fingerprint density at radius 3 is 2.35 bits per heavy atom. The fourth-order valence-corrected chi connectivity index (χ4v) is 5.25. The summed E-state index contributed by atoms with van der Waals surface area (Å²) in [6.45, 7) is 0. The van der Waals surface area contributed by atoms with Gasteiger partial charge in [0.05, 0.1) is 5.25 Å². The van der Waals surface area contributed by atoms with Crippen LogP contribution in [0.3, 0.4) is 0 Å². The molecular weight excluding hydrogens is 234 g/mol. The van der Waals surface area contributed by atoms with Crippen LogP contribution in [0.4, 0.5) is 0 Å². The molecule has 3 rings (SSSR count). The molecule has 17 heavy (non-hydrogen) atoms. The first-order valence-corrected chi connectivity index (χ1v) is 7.86. The first kappa shape index (κ1) is 11.2. The molecule has 0 spiro atoms. The van der Waals surface area contributed by atoms with Gasteiger partial charge in [0.25, 0.3) is 0 Å². The first-order valence-electron chi connectivity index (χ1n) is 6.31. The summed E-state index contributed by atoms with van der Waals surface area (Å²) in [5.74, 6) is 1.27. The second kappa shape index (κ2) is 4.09. The number of sulfone groups is 1. The van der Waals surface area contributed by atoms with Crippen LogP contribution in [0.15, 0.2) is 29.4 Å². The third-order valence-electron chi connectivity index (χ3n) is 4.21. The molecule has 0 amide bonds. The molecule has 3 nitrogen and oxygen atoms in total. The Kier molecular flexibility index (Phi) is 2.69. The van der Waals surface area contributed by atoms with Gasteiger partial charge in [-0.3, -0.25) is 0 Å². The van der Waals surface area contributed by atoms with Crippen molar-refractivity contribution >= 4 is 9.84 Å². The molecule has 2 saturated carbocycles. The zero-order valence-corrected chi connectivity index (χ0v) is 10.6. The van der Waals surface area contributed by atoms with Gasteiger partial charge in [0, 0.05) is 6.20 Å². The van der Waals surface area contributed by atoms with E-state index < -0.39 is 9.84 Å². The zero-order valence-electron chi connectivity index (χ0n) is 9.75. The molecule has 1 unspecified atom stereocenters. The number of pyridine rings is 1. The summed E-state index contributed by atoms with van der Waals surface area (Å²) in [4.78, 5) is 4.01. The maximum absolute atomic E-state index is 12.4. The summed E-state index contributed by atoms with van der Waals surface area (Å²) in [7, 11) is -3.20. The van der Waals surface area contributed by atoms with Crippen LogP contribution in [0.5, 0.6) is 0 Å². The standard InChI is InChI=1S/C13H17NO2S/c15-17(16,13-3-1-2-6-14-13)12-8-10-4-5-11(7-10)9-12/h1-3,6,10-12H,4-5,7-9H2/t10-,11?,12+/m0/s1. The molecule has 0 radical (unpaired) electrons. The van der Waals surface area contributed by atoms with Gasteiger partial charge in [-0.2, -0.15) is 0 Å². The highest BCUT2D eigenvalue weighted by Gasteiger charge is 2.40. The quantitative estimate of drug-likeness (QED) is 0.811. The van der Waals surface area contributed by atoms with E-state index in [1.165, 1.54) is 19.3 Å². The van der Waals surface area contributed by atoms with Crippen LogP contribution in [0.1, 0.15) is 32.1 Å². The Hall–Kier alpha value is -0.900. The van der Waals surface area contributed by atoms with Crippen molar-refractivity contribution in [2.75, 3.05) is 0 Å². The molecule has 2 bridgehead atoms. The summed E-state index contributed by atoms with van der Waals surface area (Å²) in [6, 6.07) is 5.12. The van der Waals surface area contributed by atoms with Crippen molar-refractivity contribution in [3.05, 3.63) is 24.4 Å². The fourth-order valence-electron chi connectivity index (χ4n) is 3.39. The molecule has 1 aromatic rings. The van der Waals surface area contributed by atoms with Gasteiger partial charge in [0.1, 0.15) is 0 Å². The number of hydrogen-bond acceptors (Lipinski definition) is 3. The van der Waals surface area contributed by atoms with Crippen LogP contribution < -0.4 is 0 Å². The molecule has 1 heterocycles. The summed E-state index contributed by atoms with van der Waals surface area (Å²) >= 11 is 0. The van der Waals surface area contributed by atoms with E-state index >= 15 is 0 Å². The van der Waals surface area contributed by atoms with Crippen molar-refractivity contribution in [2.24, 2.45) is 11.8 Å². The van der Waals surface area contributed by atoms with Gasteiger partial charge in [0.2, 0.25) is 0 Å². The molecule has 0 aliphatic heterocycles. The van der Waals surface area contributed by atoms with Crippen molar-refractivity contribution in [3.8, 4) is 0 Å². The lowest BCUT2D eigenvalue weighted by atomic mass is 9.89. The minimum atomic E-state index is -3.20. The number of fused-ring (bicyclic) bond motifs is 2. The Morgan fingerprint density at radius 2 is 1.76 bits per heavy atom. The van der Waals surface area contributed by atoms with E-state index in [1.807, 2.05) is 0 Å². The van der Waals surface area contributed by atoms with Gasteiger partial charge < -0.3 is 0 Å². The fraction of sp³-hybridized carbons (Fsp3) is 0.615. The maximum Gasteiger partial charge on any atom is 0.198 e. The normalized spacial score (nSPS) is 32.6. The molecule has 1 aromatic heterocycles. The maximum atomic E-state index is 12.4. The van der Waals surface area contributed by atoms with Crippen molar-refractivity contribution in [3.63, 3.8) is 0 Å². The van der Waals surface area contributed by atoms with Crippen molar-refractivity contribution in [1.29, 1.82) is 0 Å². The number of nitrogens with zero attached hydrogens (tertiary/aromatic N) is 1. The molecule has 4 heteroatoms. The molecule has 2 aliphatic carbocycles. The highest BCUT2D eigenvalue weighted by molar-refractivity contribution is 7.92. The molecular formula is C13H17NO2S. The van der Waals surface area contributed by atoms with Gasteiger partial charge in [-0.1, -0.05) is 18.9 Å². The Morgan fingerprint density at radius 1 is 1.06 bits per heavy atom. The minimum absolute atomic E-state index is 0.191. The Labute approximate surface area is 102 Å². The highest BCUT2D eigenvalue weighted by atomic mass is 32.2. The van der Waals surface area contributed by atoms with E-state index in [0.717, 1.165) is 12.8 Å². The number of hydrogen-bond donors (Lipinski definition) is 0. The van der Waals surface area contributed by atoms with Crippen LogP contribution in [0.25, 0.3) is 0 Å². The van der Waals surface area contributed by atoms with E-state index in [4.69, 9.17) is 0 Å². The summed E-state index contributed by atoms with van der Waals surface area (Å²) in [5.41, 5.74) is 0. The van der Waals surface area contributed by atoms with Crippen LogP contribution in [0, 0.1) is 11.8 Å². The predicted molar refractivity (Wildman–Crippen MR) is 65.3 cm³/mol. The second-order valence-electron chi connectivity index (χ2n) is 5.35. The molecule has 2 aliphatic rings. The summed E-state index contributed by atoms with van der Waals surface area (Å²) in [5, 5.41) is 0.0648. The van der Waals surface area contributed by atoms with Crippen LogP contribution in [-0.4, -0.2) is 18.7 Å². The number of rotatable bonds is 2. The predicted octanol–water partition coefficient (Wildman–Crippen LogP) is 2.43. The lowest BCUT2D eigenvalue weighted by Crippen LogP contribution is -2.29. The van der Waals surface area contributed by atoms with Crippen LogP contribution in [0.2, 0.25) is 0 Å². The molecule has 0 N–H and O–H groups in total. The van der Waals surface area contributed by atoms with Crippen LogP contribution >= 0.6 is 0 Å². The van der Waals surface area contributed by atoms with E-state index in [2.05, 4.69) is 4.98 Å². The van der Waals surface area contributed by atoms with Crippen molar-refractivity contribution < 1.29 is 8.42 Å². The lowest BCUT2D eigenvalue weighted by molar-refractivity contribution is 0.357. The molecule has 0 saturated heterocycles. The topological polar surface area (TPSA) is 47.0 Å². The first-order chi connectivity index (χ1) is 8.16. The third kappa shape index (κ3) is 1.99.